The lowest BCUT2D eigenvalue weighted by Gasteiger charge is -2.24. The van der Waals surface area contributed by atoms with Crippen molar-refractivity contribution >= 4 is 21.4 Å². The highest BCUT2D eigenvalue weighted by Gasteiger charge is 2.33. The molecule has 1 aromatic heterocycles. The minimum Gasteiger partial charge on any atom is -0.380 e. The summed E-state index contributed by atoms with van der Waals surface area (Å²) in [4.78, 5) is 2.40. The van der Waals surface area contributed by atoms with Gasteiger partial charge >= 0.3 is 0 Å². The van der Waals surface area contributed by atoms with Gasteiger partial charge in [0.25, 0.3) is 0 Å². The van der Waals surface area contributed by atoms with Gasteiger partial charge in [0.2, 0.25) is 10.0 Å². The summed E-state index contributed by atoms with van der Waals surface area (Å²) in [6.45, 7) is 9.04. The van der Waals surface area contributed by atoms with Gasteiger partial charge in [-0.15, -0.1) is 11.3 Å². The molecule has 0 saturated carbocycles. The first-order valence-corrected chi connectivity index (χ1v) is 9.33. The van der Waals surface area contributed by atoms with Crippen molar-refractivity contribution < 1.29 is 13.2 Å². The largest absolute Gasteiger partial charge is 0.380 e. The molecule has 2 heterocycles. The molecule has 1 aliphatic heterocycles. The third kappa shape index (κ3) is 3.42. The molecule has 1 saturated heterocycles. The van der Waals surface area contributed by atoms with E-state index in [1.807, 2.05) is 13.8 Å². The third-order valence-corrected chi connectivity index (χ3v) is 6.51. The van der Waals surface area contributed by atoms with Gasteiger partial charge in [0.05, 0.1) is 12.6 Å². The lowest BCUT2D eigenvalue weighted by molar-refractivity contribution is 0.198. The van der Waals surface area contributed by atoms with Gasteiger partial charge < -0.3 is 4.74 Å². The van der Waals surface area contributed by atoms with Gasteiger partial charge in [0, 0.05) is 16.4 Å². The van der Waals surface area contributed by atoms with Gasteiger partial charge in [-0.1, -0.05) is 13.8 Å². The lowest BCUT2D eigenvalue weighted by atomic mass is 9.97. The van der Waals surface area contributed by atoms with Crippen molar-refractivity contribution in [1.82, 2.24) is 4.72 Å². The molecular formula is C14H23NO3S2. The Balaban J connectivity index is 2.24. The number of nitrogens with one attached hydrogen (secondary N) is 1. The molecule has 2 atom stereocenters. The second-order valence-electron chi connectivity index (χ2n) is 5.74. The highest BCUT2D eigenvalue weighted by Crippen LogP contribution is 2.32. The smallest absolute Gasteiger partial charge is 0.217 e. The van der Waals surface area contributed by atoms with Crippen molar-refractivity contribution in [1.29, 1.82) is 0 Å². The van der Waals surface area contributed by atoms with Crippen LogP contribution in [0.25, 0.3) is 0 Å². The van der Waals surface area contributed by atoms with E-state index in [1.54, 1.807) is 11.3 Å². The Morgan fingerprint density at radius 2 is 2.10 bits per heavy atom. The van der Waals surface area contributed by atoms with Crippen LogP contribution >= 0.6 is 11.3 Å². The fourth-order valence-electron chi connectivity index (χ4n) is 2.55. The molecule has 1 N–H and O–H groups in total. The number of hydrogen-bond donors (Lipinski definition) is 1. The number of aryl methyl sites for hydroxylation is 2. The number of thiophene rings is 1. The zero-order chi connectivity index (χ0) is 14.9. The van der Waals surface area contributed by atoms with E-state index in [2.05, 4.69) is 24.6 Å². The first-order valence-electron chi connectivity index (χ1n) is 6.97. The molecule has 0 bridgehead atoms. The van der Waals surface area contributed by atoms with E-state index in [0.29, 0.717) is 19.6 Å². The maximum absolute atomic E-state index is 12.5. The molecule has 2 rings (SSSR count). The highest BCUT2D eigenvalue weighted by molar-refractivity contribution is 7.90. The van der Waals surface area contributed by atoms with Gasteiger partial charge in [-0.05, 0) is 37.8 Å². The molecule has 20 heavy (non-hydrogen) atoms. The van der Waals surface area contributed by atoms with Gasteiger partial charge in [-0.3, -0.25) is 0 Å². The molecule has 1 fully saturated rings. The number of rotatable bonds is 5. The Bertz CT molecular complexity index is 557. The van der Waals surface area contributed by atoms with Gasteiger partial charge in [0.15, 0.2) is 0 Å². The Morgan fingerprint density at radius 3 is 2.55 bits per heavy atom. The number of hydrogen-bond acceptors (Lipinski definition) is 4. The average molecular weight is 317 g/mol. The molecule has 4 nitrogen and oxygen atoms in total. The predicted molar refractivity (Wildman–Crippen MR) is 82.7 cm³/mol. The van der Waals surface area contributed by atoms with E-state index in [1.165, 1.54) is 9.75 Å². The quantitative estimate of drug-likeness (QED) is 0.908. The summed E-state index contributed by atoms with van der Waals surface area (Å²) < 4.78 is 33.0. The van der Waals surface area contributed by atoms with E-state index in [9.17, 15) is 8.42 Å². The zero-order valence-electron chi connectivity index (χ0n) is 12.5. The van der Waals surface area contributed by atoms with Crippen molar-refractivity contribution in [2.75, 3.05) is 13.2 Å². The lowest BCUT2D eigenvalue weighted by Crippen LogP contribution is -2.39. The number of ether oxygens (including phenoxy) is 1. The first kappa shape index (κ1) is 15.9. The van der Waals surface area contributed by atoms with Crippen molar-refractivity contribution in [3.8, 4) is 0 Å². The molecule has 6 heteroatoms. The van der Waals surface area contributed by atoms with Crippen LogP contribution in [-0.4, -0.2) is 26.9 Å². The van der Waals surface area contributed by atoms with Crippen molar-refractivity contribution in [3.63, 3.8) is 0 Å². The van der Waals surface area contributed by atoms with Crippen LogP contribution in [0.5, 0.6) is 0 Å². The Hall–Kier alpha value is -0.430. The molecule has 0 aliphatic carbocycles. The SMILES string of the molecule is Cc1cc(C(NS(=O)(=O)C2CCOC2)C(C)C)c(C)s1. The molecule has 2 unspecified atom stereocenters. The summed E-state index contributed by atoms with van der Waals surface area (Å²) in [5.41, 5.74) is 1.10. The van der Waals surface area contributed by atoms with Crippen LogP contribution < -0.4 is 4.72 Å². The van der Waals surface area contributed by atoms with Gasteiger partial charge in [0.1, 0.15) is 5.25 Å². The van der Waals surface area contributed by atoms with Crippen LogP contribution in [0.2, 0.25) is 0 Å². The fourth-order valence-corrected chi connectivity index (χ4v) is 5.15. The second-order valence-corrected chi connectivity index (χ2v) is 9.19. The van der Waals surface area contributed by atoms with Gasteiger partial charge in [-0.25, -0.2) is 13.1 Å². The normalized spacial score (nSPS) is 21.6. The fraction of sp³-hybridized carbons (Fsp3) is 0.714. The summed E-state index contributed by atoms with van der Waals surface area (Å²) in [7, 11) is -3.33. The van der Waals surface area contributed by atoms with Crippen LogP contribution in [0.15, 0.2) is 6.07 Å². The van der Waals surface area contributed by atoms with Gasteiger partial charge in [-0.2, -0.15) is 0 Å². The zero-order valence-corrected chi connectivity index (χ0v) is 14.1. The van der Waals surface area contributed by atoms with E-state index in [4.69, 9.17) is 4.74 Å². The van der Waals surface area contributed by atoms with E-state index in [0.717, 1.165) is 5.56 Å². The van der Waals surface area contributed by atoms with Crippen LogP contribution in [-0.2, 0) is 14.8 Å². The molecular weight excluding hydrogens is 294 g/mol. The Kier molecular flexibility index (Phi) is 4.89. The summed E-state index contributed by atoms with van der Waals surface area (Å²) in [6.07, 6.45) is 0.585. The molecule has 0 radical (unpaired) electrons. The minimum absolute atomic E-state index is 0.162. The topological polar surface area (TPSA) is 55.4 Å². The van der Waals surface area contributed by atoms with Crippen molar-refractivity contribution in [2.24, 2.45) is 5.92 Å². The minimum atomic E-state index is -3.33. The number of sulfonamides is 1. The molecule has 0 spiro atoms. The summed E-state index contributed by atoms with van der Waals surface area (Å²) >= 11 is 1.71. The Labute approximate surface area is 125 Å². The van der Waals surface area contributed by atoms with Crippen LogP contribution in [0.4, 0.5) is 0 Å². The van der Waals surface area contributed by atoms with E-state index < -0.39 is 15.3 Å². The maximum Gasteiger partial charge on any atom is 0.217 e. The molecule has 0 aromatic carbocycles. The van der Waals surface area contributed by atoms with E-state index in [-0.39, 0.29) is 12.0 Å². The molecule has 1 aliphatic rings. The molecule has 0 amide bonds. The van der Waals surface area contributed by atoms with Crippen molar-refractivity contribution in [2.45, 2.75) is 45.4 Å². The molecule has 114 valence electrons. The van der Waals surface area contributed by atoms with Crippen LogP contribution in [0.3, 0.4) is 0 Å². The predicted octanol–water partition coefficient (Wildman–Crippen LogP) is 2.77. The first-order chi connectivity index (χ1) is 9.31. The van der Waals surface area contributed by atoms with Crippen LogP contribution in [0.1, 0.15) is 41.6 Å². The van der Waals surface area contributed by atoms with Crippen LogP contribution in [0, 0.1) is 19.8 Å². The third-order valence-electron chi connectivity index (χ3n) is 3.70. The average Bonchev–Trinajstić information content (AvgIpc) is 2.96. The van der Waals surface area contributed by atoms with Crippen molar-refractivity contribution in [3.05, 3.63) is 21.4 Å². The summed E-state index contributed by atoms with van der Waals surface area (Å²) in [5, 5.41) is -0.413. The Morgan fingerprint density at radius 1 is 1.40 bits per heavy atom. The van der Waals surface area contributed by atoms with E-state index >= 15 is 0 Å². The molecule has 1 aromatic rings. The standard InChI is InChI=1S/C14H23NO3S2/c1-9(2)14(13-7-10(3)19-11(13)4)15-20(16,17)12-5-6-18-8-12/h7,9,12,14-15H,5-6,8H2,1-4H3. The summed E-state index contributed by atoms with van der Waals surface area (Å²) in [6, 6.07) is 1.93. The maximum atomic E-state index is 12.5. The monoisotopic (exact) mass is 317 g/mol. The highest BCUT2D eigenvalue weighted by atomic mass is 32.2. The second kappa shape index (κ2) is 6.13. The summed E-state index contributed by atoms with van der Waals surface area (Å²) in [5.74, 6) is 0.208.